The van der Waals surface area contributed by atoms with Gasteiger partial charge < -0.3 is 0 Å². The third-order valence-electron chi connectivity index (χ3n) is 2.92. The summed E-state index contributed by atoms with van der Waals surface area (Å²) in [6, 6.07) is 9.69. The monoisotopic (exact) mass is 365 g/mol. The van der Waals surface area contributed by atoms with E-state index in [4.69, 9.17) is 5.26 Å². The zero-order valence-corrected chi connectivity index (χ0v) is 13.8. The third-order valence-corrected chi connectivity index (χ3v) is 4.73. The fraction of sp³-hybridized carbons (Fsp3) is 0.143. The van der Waals surface area contributed by atoms with E-state index in [-0.39, 0.29) is 4.90 Å². The van der Waals surface area contributed by atoms with Gasteiger partial charge in [0.15, 0.2) is 0 Å². The molecule has 1 aromatic heterocycles. The molecule has 2 rings (SSSR count). The average molecular weight is 366 g/mol. The predicted octanol–water partition coefficient (Wildman–Crippen LogP) is 3.13. The number of halogens is 1. The zero-order chi connectivity index (χ0) is 15.6. The van der Waals surface area contributed by atoms with Crippen molar-refractivity contribution in [3.05, 3.63) is 51.8 Å². The van der Waals surface area contributed by atoms with Crippen molar-refractivity contribution in [3.63, 3.8) is 0 Å². The number of sulfonamides is 1. The molecule has 108 valence electrons. The minimum atomic E-state index is -3.71. The highest BCUT2D eigenvalue weighted by Gasteiger charge is 2.16. The molecular weight excluding hydrogens is 354 g/mol. The lowest BCUT2D eigenvalue weighted by Gasteiger charge is -2.11. The summed E-state index contributed by atoms with van der Waals surface area (Å²) in [6.07, 6.45) is 0. The molecule has 0 radical (unpaired) electrons. The molecule has 0 amide bonds. The van der Waals surface area contributed by atoms with Crippen LogP contribution in [0.2, 0.25) is 0 Å². The molecule has 0 aliphatic heterocycles. The van der Waals surface area contributed by atoms with Gasteiger partial charge in [0.1, 0.15) is 4.60 Å². The van der Waals surface area contributed by atoms with Gasteiger partial charge in [0, 0.05) is 0 Å². The summed E-state index contributed by atoms with van der Waals surface area (Å²) in [4.78, 5) is 4.26. The van der Waals surface area contributed by atoms with Crippen LogP contribution in [0.5, 0.6) is 0 Å². The maximum Gasteiger partial charge on any atom is 0.261 e. The first-order valence-corrected chi connectivity index (χ1v) is 8.28. The van der Waals surface area contributed by atoms with Gasteiger partial charge in [-0.25, -0.2) is 13.4 Å². The van der Waals surface area contributed by atoms with Gasteiger partial charge in [-0.2, -0.15) is 5.26 Å². The Morgan fingerprint density at radius 1 is 1.24 bits per heavy atom. The lowest BCUT2D eigenvalue weighted by atomic mass is 10.1. The molecule has 1 aromatic carbocycles. The van der Waals surface area contributed by atoms with Crippen molar-refractivity contribution < 1.29 is 8.42 Å². The molecule has 0 spiro atoms. The number of anilines is 1. The summed E-state index contributed by atoms with van der Waals surface area (Å²) in [6.45, 7) is 3.41. The van der Waals surface area contributed by atoms with Crippen molar-refractivity contribution >= 4 is 31.6 Å². The number of hydrogen-bond donors (Lipinski definition) is 1. The van der Waals surface area contributed by atoms with Crippen LogP contribution < -0.4 is 4.72 Å². The highest BCUT2D eigenvalue weighted by molar-refractivity contribution is 9.10. The molecule has 0 bridgehead atoms. The summed E-state index contributed by atoms with van der Waals surface area (Å²) in [5.74, 6) is 0. The van der Waals surface area contributed by atoms with Gasteiger partial charge in [0.25, 0.3) is 10.0 Å². The smallest absolute Gasteiger partial charge is 0.261 e. The molecular formula is C14H12BrN3O2S. The Morgan fingerprint density at radius 2 is 1.95 bits per heavy atom. The average Bonchev–Trinajstić information content (AvgIpc) is 2.42. The molecule has 0 saturated carbocycles. The van der Waals surface area contributed by atoms with Crippen LogP contribution in [0, 0.1) is 25.2 Å². The maximum atomic E-state index is 12.4. The van der Waals surface area contributed by atoms with E-state index in [9.17, 15) is 8.42 Å². The van der Waals surface area contributed by atoms with Crippen LogP contribution in [0.4, 0.5) is 5.69 Å². The Hall–Kier alpha value is -1.91. The van der Waals surface area contributed by atoms with Crippen LogP contribution in [0.1, 0.15) is 16.8 Å². The number of hydrogen-bond acceptors (Lipinski definition) is 4. The number of nitrogens with one attached hydrogen (secondary N) is 1. The van der Waals surface area contributed by atoms with E-state index in [2.05, 4.69) is 25.6 Å². The Balaban J connectivity index is 2.39. The van der Waals surface area contributed by atoms with Gasteiger partial charge in [-0.1, -0.05) is 0 Å². The van der Waals surface area contributed by atoms with Crippen molar-refractivity contribution in [1.29, 1.82) is 5.26 Å². The van der Waals surface area contributed by atoms with Gasteiger partial charge >= 0.3 is 0 Å². The van der Waals surface area contributed by atoms with Crippen molar-refractivity contribution in [2.75, 3.05) is 4.72 Å². The predicted molar refractivity (Wildman–Crippen MR) is 83.4 cm³/mol. The molecule has 0 aliphatic rings. The number of nitriles is 1. The summed E-state index contributed by atoms with van der Waals surface area (Å²) in [5.41, 5.74) is 2.06. The number of aromatic nitrogens is 1. The molecule has 21 heavy (non-hydrogen) atoms. The molecule has 7 heteroatoms. The Labute approximate surface area is 131 Å². The topological polar surface area (TPSA) is 82.8 Å². The SMILES string of the molecule is Cc1cc(S(=O)(=O)Nc2ccc(Br)nc2C)ccc1C#N. The molecule has 5 nitrogen and oxygen atoms in total. The van der Waals surface area contributed by atoms with Crippen LogP contribution in [-0.2, 0) is 10.0 Å². The Morgan fingerprint density at radius 3 is 2.52 bits per heavy atom. The van der Waals surface area contributed by atoms with E-state index >= 15 is 0 Å². The molecule has 0 saturated heterocycles. The molecule has 0 atom stereocenters. The summed E-state index contributed by atoms with van der Waals surface area (Å²) in [5, 5.41) is 8.88. The zero-order valence-electron chi connectivity index (χ0n) is 11.4. The van der Waals surface area contributed by atoms with Gasteiger partial charge in [-0.3, -0.25) is 4.72 Å². The number of pyridine rings is 1. The van der Waals surface area contributed by atoms with Gasteiger partial charge in [-0.15, -0.1) is 0 Å². The normalized spacial score (nSPS) is 11.0. The minimum absolute atomic E-state index is 0.112. The van der Waals surface area contributed by atoms with E-state index in [0.29, 0.717) is 27.1 Å². The van der Waals surface area contributed by atoms with Crippen LogP contribution in [-0.4, -0.2) is 13.4 Å². The lowest BCUT2D eigenvalue weighted by Crippen LogP contribution is -2.14. The largest absolute Gasteiger partial charge is 0.278 e. The second-order valence-corrected chi connectivity index (χ2v) is 6.96. The maximum absolute atomic E-state index is 12.4. The molecule has 1 heterocycles. The third kappa shape index (κ3) is 3.40. The highest BCUT2D eigenvalue weighted by Crippen LogP contribution is 2.21. The summed E-state index contributed by atoms with van der Waals surface area (Å²) >= 11 is 3.23. The first kappa shape index (κ1) is 15.5. The van der Waals surface area contributed by atoms with Crippen LogP contribution >= 0.6 is 15.9 Å². The van der Waals surface area contributed by atoms with Crippen molar-refractivity contribution in [2.24, 2.45) is 0 Å². The fourth-order valence-corrected chi connectivity index (χ4v) is 3.37. The first-order chi connectivity index (χ1) is 9.83. The molecule has 2 aromatic rings. The van der Waals surface area contributed by atoms with E-state index < -0.39 is 10.0 Å². The van der Waals surface area contributed by atoms with Gasteiger partial charge in [-0.05, 0) is 65.7 Å². The lowest BCUT2D eigenvalue weighted by molar-refractivity contribution is 0.601. The van der Waals surface area contributed by atoms with E-state index in [1.54, 1.807) is 26.0 Å². The van der Waals surface area contributed by atoms with E-state index in [1.807, 2.05) is 6.07 Å². The standard InChI is InChI=1S/C14H12BrN3O2S/c1-9-7-12(4-3-11(9)8-16)21(19,20)18-13-5-6-14(15)17-10(13)2/h3-7,18H,1-2H3. The Kier molecular flexibility index (Phi) is 4.30. The van der Waals surface area contributed by atoms with Crippen LogP contribution in [0.15, 0.2) is 39.8 Å². The molecule has 1 N–H and O–H groups in total. The first-order valence-electron chi connectivity index (χ1n) is 6.00. The van der Waals surface area contributed by atoms with E-state index in [1.165, 1.54) is 18.2 Å². The van der Waals surface area contributed by atoms with Crippen molar-refractivity contribution in [3.8, 4) is 6.07 Å². The van der Waals surface area contributed by atoms with Crippen LogP contribution in [0.3, 0.4) is 0 Å². The quantitative estimate of drug-likeness (QED) is 0.846. The molecule has 0 aliphatic carbocycles. The number of nitrogens with zero attached hydrogens (tertiary/aromatic N) is 2. The summed E-state index contributed by atoms with van der Waals surface area (Å²) < 4.78 is 27.9. The fourth-order valence-electron chi connectivity index (χ4n) is 1.77. The van der Waals surface area contributed by atoms with Crippen LogP contribution in [0.25, 0.3) is 0 Å². The molecule has 0 fully saturated rings. The minimum Gasteiger partial charge on any atom is -0.278 e. The van der Waals surface area contributed by atoms with Crippen molar-refractivity contribution in [2.45, 2.75) is 18.7 Å². The number of benzene rings is 1. The highest BCUT2D eigenvalue weighted by atomic mass is 79.9. The molecule has 0 unspecified atom stereocenters. The second-order valence-electron chi connectivity index (χ2n) is 4.46. The van der Waals surface area contributed by atoms with Gasteiger partial charge in [0.05, 0.1) is 27.9 Å². The summed E-state index contributed by atoms with van der Waals surface area (Å²) in [7, 11) is -3.71. The number of aryl methyl sites for hydroxylation is 2. The Bertz CT molecular complexity index is 842. The van der Waals surface area contributed by atoms with Crippen molar-refractivity contribution in [1.82, 2.24) is 4.98 Å². The second kappa shape index (κ2) is 5.84. The van der Waals surface area contributed by atoms with E-state index in [0.717, 1.165) is 0 Å². The number of rotatable bonds is 3. The van der Waals surface area contributed by atoms with Gasteiger partial charge in [0.2, 0.25) is 0 Å².